The lowest BCUT2D eigenvalue weighted by Gasteiger charge is -2.46. The number of benzene rings is 5. The molecule has 1 saturated heterocycles. The van der Waals surface area contributed by atoms with Crippen LogP contribution in [0.15, 0.2) is 152 Å². The Labute approximate surface area is 304 Å². The highest BCUT2D eigenvalue weighted by Crippen LogP contribution is 2.41. The van der Waals surface area contributed by atoms with Crippen LogP contribution in [-0.4, -0.2) is 46.7 Å². The molecule has 266 valence electrons. The second kappa shape index (κ2) is 17.4. The van der Waals surface area contributed by atoms with Crippen LogP contribution in [-0.2, 0) is 61.5 Å². The average molecular weight is 698 g/mol. The molecule has 0 aliphatic carbocycles. The number of para-hydroxylation sites is 1. The summed E-state index contributed by atoms with van der Waals surface area (Å²) in [6, 6.07) is 47.9. The SMILES string of the molecule is O=C(O)Cn1cc([C@@H]2O[C@H](COCc3ccccc3)[C@@H](OCc3ccccc3)[C@H](OCc3ccccc3)[C@H]2OCc2ccccc2)c2ccccc21. The highest BCUT2D eigenvalue weighted by molar-refractivity contribution is 5.85. The van der Waals surface area contributed by atoms with E-state index in [4.69, 9.17) is 23.7 Å². The third-order valence-corrected chi connectivity index (χ3v) is 9.31. The number of aromatic nitrogens is 1. The van der Waals surface area contributed by atoms with E-state index in [2.05, 4.69) is 0 Å². The van der Waals surface area contributed by atoms with Gasteiger partial charge >= 0.3 is 5.97 Å². The number of carboxylic acid groups (broad SMARTS) is 1. The molecule has 1 aliphatic heterocycles. The molecular formula is C44H43NO7. The van der Waals surface area contributed by atoms with Crippen molar-refractivity contribution in [2.24, 2.45) is 0 Å². The van der Waals surface area contributed by atoms with Gasteiger partial charge in [-0.3, -0.25) is 4.79 Å². The summed E-state index contributed by atoms with van der Waals surface area (Å²) < 4.78 is 35.8. The Morgan fingerprint density at radius 1 is 0.577 bits per heavy atom. The smallest absolute Gasteiger partial charge is 0.323 e. The number of nitrogens with zero attached hydrogens (tertiary/aromatic N) is 1. The van der Waals surface area contributed by atoms with E-state index in [0.29, 0.717) is 26.4 Å². The Morgan fingerprint density at radius 2 is 1.04 bits per heavy atom. The molecular weight excluding hydrogens is 654 g/mol. The first-order valence-electron chi connectivity index (χ1n) is 17.7. The first-order valence-corrected chi connectivity index (χ1v) is 17.7. The fourth-order valence-electron chi connectivity index (χ4n) is 6.82. The van der Waals surface area contributed by atoms with Crippen molar-refractivity contribution < 1.29 is 33.6 Å². The van der Waals surface area contributed by atoms with Crippen LogP contribution in [0.5, 0.6) is 0 Å². The van der Waals surface area contributed by atoms with E-state index in [1.165, 1.54) is 0 Å². The maximum atomic E-state index is 12.0. The molecule has 5 atom stereocenters. The molecule has 8 heteroatoms. The van der Waals surface area contributed by atoms with Gasteiger partial charge in [0, 0.05) is 22.7 Å². The summed E-state index contributed by atoms with van der Waals surface area (Å²) >= 11 is 0. The zero-order valence-electron chi connectivity index (χ0n) is 28.9. The molecule has 0 saturated carbocycles. The first kappa shape index (κ1) is 35.3. The lowest BCUT2D eigenvalue weighted by molar-refractivity contribution is -0.274. The lowest BCUT2D eigenvalue weighted by atomic mass is 9.90. The summed E-state index contributed by atoms with van der Waals surface area (Å²) in [5, 5.41) is 10.7. The molecule has 0 unspecified atom stereocenters. The van der Waals surface area contributed by atoms with Crippen LogP contribution in [0.4, 0.5) is 0 Å². The van der Waals surface area contributed by atoms with Crippen molar-refractivity contribution in [3.05, 3.63) is 180 Å². The van der Waals surface area contributed by atoms with Gasteiger partial charge in [0.05, 0.1) is 33.0 Å². The molecule has 8 nitrogen and oxygen atoms in total. The zero-order chi connectivity index (χ0) is 35.5. The van der Waals surface area contributed by atoms with E-state index in [0.717, 1.165) is 38.7 Å². The highest BCUT2D eigenvalue weighted by Gasteiger charge is 2.49. The molecule has 2 heterocycles. The summed E-state index contributed by atoms with van der Waals surface area (Å²) in [6.07, 6.45) is -1.15. The molecule has 6 aromatic rings. The van der Waals surface area contributed by atoms with Gasteiger partial charge in [-0.2, -0.15) is 0 Å². The number of hydrogen-bond acceptors (Lipinski definition) is 6. The number of ether oxygens (including phenoxy) is 5. The third-order valence-electron chi connectivity index (χ3n) is 9.31. The maximum Gasteiger partial charge on any atom is 0.323 e. The van der Waals surface area contributed by atoms with Gasteiger partial charge in [0.1, 0.15) is 37.1 Å². The van der Waals surface area contributed by atoms with Crippen LogP contribution in [0.25, 0.3) is 10.9 Å². The van der Waals surface area contributed by atoms with Gasteiger partial charge in [-0.1, -0.05) is 140 Å². The van der Waals surface area contributed by atoms with E-state index < -0.39 is 36.5 Å². The van der Waals surface area contributed by atoms with E-state index in [-0.39, 0.29) is 13.2 Å². The maximum absolute atomic E-state index is 12.0. The van der Waals surface area contributed by atoms with Gasteiger partial charge in [0.25, 0.3) is 0 Å². The molecule has 7 rings (SSSR count). The van der Waals surface area contributed by atoms with E-state index in [1.54, 1.807) is 4.57 Å². The first-order chi connectivity index (χ1) is 25.6. The van der Waals surface area contributed by atoms with Crippen LogP contribution < -0.4 is 0 Å². The van der Waals surface area contributed by atoms with Gasteiger partial charge in [0.15, 0.2) is 0 Å². The summed E-state index contributed by atoms with van der Waals surface area (Å²) in [5.74, 6) is -0.931. The second-order valence-corrected chi connectivity index (χ2v) is 13.0. The normalized spacial score (nSPS) is 20.2. The van der Waals surface area contributed by atoms with E-state index in [9.17, 15) is 9.90 Å². The van der Waals surface area contributed by atoms with Gasteiger partial charge < -0.3 is 33.4 Å². The molecule has 52 heavy (non-hydrogen) atoms. The lowest BCUT2D eigenvalue weighted by Crippen LogP contribution is -2.58. The van der Waals surface area contributed by atoms with E-state index >= 15 is 0 Å². The fourth-order valence-corrected chi connectivity index (χ4v) is 6.82. The predicted molar refractivity (Wildman–Crippen MR) is 198 cm³/mol. The minimum atomic E-state index is -0.931. The molecule has 1 aliphatic rings. The Balaban J connectivity index is 1.30. The third kappa shape index (κ3) is 8.85. The summed E-state index contributed by atoms with van der Waals surface area (Å²) in [7, 11) is 0. The van der Waals surface area contributed by atoms with Crippen molar-refractivity contribution >= 4 is 16.9 Å². The van der Waals surface area contributed by atoms with Crippen molar-refractivity contribution in [1.29, 1.82) is 0 Å². The van der Waals surface area contributed by atoms with Crippen LogP contribution >= 0.6 is 0 Å². The Hall–Kier alpha value is -5.09. The molecule has 0 amide bonds. The largest absolute Gasteiger partial charge is 0.480 e. The Bertz CT molecular complexity index is 1990. The van der Waals surface area contributed by atoms with Crippen LogP contribution in [0.3, 0.4) is 0 Å². The van der Waals surface area contributed by atoms with Crippen LogP contribution in [0.1, 0.15) is 33.9 Å². The van der Waals surface area contributed by atoms with Crippen molar-refractivity contribution in [2.45, 2.75) is 63.5 Å². The van der Waals surface area contributed by atoms with Crippen molar-refractivity contribution in [3.63, 3.8) is 0 Å². The number of hydrogen-bond donors (Lipinski definition) is 1. The number of aliphatic carboxylic acids is 1. The Kier molecular flexibility index (Phi) is 11.8. The predicted octanol–water partition coefficient (Wildman–Crippen LogP) is 8.14. The highest BCUT2D eigenvalue weighted by atomic mass is 16.6. The monoisotopic (exact) mass is 697 g/mol. The number of carbonyl (C=O) groups is 1. The standard InChI is InChI=1S/C44H43NO7/c46-40(47)26-45-25-37(36-23-13-14-24-38(36)45)41-43(50-29-34-19-9-3-10-20-34)44(51-30-35-21-11-4-12-22-35)42(49-28-33-17-7-2-8-18-33)39(52-41)31-48-27-32-15-5-1-6-16-32/h1-25,39,41-44H,26-31H2,(H,46,47)/t39-,41+,42-,43+,44+/m1/s1. The van der Waals surface area contributed by atoms with E-state index in [1.807, 2.05) is 152 Å². The van der Waals surface area contributed by atoms with Crippen LogP contribution in [0.2, 0.25) is 0 Å². The minimum absolute atomic E-state index is 0.191. The number of fused-ring (bicyclic) bond motifs is 1. The number of carboxylic acids is 1. The van der Waals surface area contributed by atoms with Gasteiger partial charge in [0.2, 0.25) is 0 Å². The van der Waals surface area contributed by atoms with Gasteiger partial charge in [-0.25, -0.2) is 0 Å². The van der Waals surface area contributed by atoms with Crippen LogP contribution in [0, 0.1) is 0 Å². The molecule has 0 spiro atoms. The molecule has 1 fully saturated rings. The topological polar surface area (TPSA) is 88.4 Å². The fraction of sp³-hybridized carbons (Fsp3) is 0.250. The average Bonchev–Trinajstić information content (AvgIpc) is 3.54. The molecule has 1 aromatic heterocycles. The second-order valence-electron chi connectivity index (χ2n) is 13.0. The van der Waals surface area contributed by atoms with Crippen molar-refractivity contribution in [3.8, 4) is 0 Å². The minimum Gasteiger partial charge on any atom is -0.480 e. The Morgan fingerprint density at radius 3 is 1.58 bits per heavy atom. The molecule has 0 bridgehead atoms. The van der Waals surface area contributed by atoms with Gasteiger partial charge in [-0.05, 0) is 28.3 Å². The summed E-state index contributed by atoms with van der Waals surface area (Å²) in [5.41, 5.74) is 5.71. The number of rotatable bonds is 16. The van der Waals surface area contributed by atoms with Crippen molar-refractivity contribution in [2.75, 3.05) is 6.61 Å². The molecule has 5 aromatic carbocycles. The quantitative estimate of drug-likeness (QED) is 0.109. The van der Waals surface area contributed by atoms with Gasteiger partial charge in [-0.15, -0.1) is 0 Å². The molecule has 1 N–H and O–H groups in total. The summed E-state index contributed by atoms with van der Waals surface area (Å²) in [6.45, 7) is 1.41. The van der Waals surface area contributed by atoms with Crippen molar-refractivity contribution in [1.82, 2.24) is 4.57 Å². The summed E-state index contributed by atoms with van der Waals surface area (Å²) in [4.78, 5) is 12.0. The molecule has 0 radical (unpaired) electrons. The zero-order valence-corrected chi connectivity index (χ0v) is 28.9.